The number of ether oxygens (including phenoxy) is 1. The van der Waals surface area contributed by atoms with Crippen LogP contribution in [-0.2, 0) is 9.53 Å². The Bertz CT molecular complexity index is 456. The second-order valence-electron chi connectivity index (χ2n) is 4.32. The summed E-state index contributed by atoms with van der Waals surface area (Å²) < 4.78 is 5.31. The van der Waals surface area contributed by atoms with Crippen LogP contribution in [0.2, 0.25) is 0 Å². The number of carbonyl (C=O) groups is 1. The first-order valence-electron chi connectivity index (χ1n) is 5.96. The molecule has 0 saturated carbocycles. The summed E-state index contributed by atoms with van der Waals surface area (Å²) in [6.07, 6.45) is 1.03. The summed E-state index contributed by atoms with van der Waals surface area (Å²) in [6, 6.07) is 9.54. The van der Waals surface area contributed by atoms with Crippen molar-refractivity contribution in [2.75, 3.05) is 13.2 Å². The number of carbonyl (C=O) groups excluding carboxylic acids is 1. The number of halogens is 1. The van der Waals surface area contributed by atoms with E-state index in [0.717, 1.165) is 24.2 Å². The van der Waals surface area contributed by atoms with Gasteiger partial charge in [0.2, 0.25) is 0 Å². The molecule has 0 radical (unpaired) electrons. The molecule has 0 saturated heterocycles. The van der Waals surface area contributed by atoms with Gasteiger partial charge >= 0.3 is 5.97 Å². The number of esters is 1. The van der Waals surface area contributed by atoms with Gasteiger partial charge in [0.25, 0.3) is 0 Å². The third-order valence-electron chi connectivity index (χ3n) is 3.01. The molecule has 1 aliphatic rings. The van der Waals surface area contributed by atoms with Crippen LogP contribution in [0.3, 0.4) is 0 Å². The number of rotatable bonds is 4. The highest BCUT2D eigenvalue weighted by atomic mass is 79.9. The minimum absolute atomic E-state index is 0.254. The Labute approximate surface area is 115 Å². The SMILES string of the molecule is CC1=C(COC(=O)C(Br)c2ccccc2)NCC1. The fourth-order valence-electron chi connectivity index (χ4n) is 1.85. The first-order chi connectivity index (χ1) is 8.68. The van der Waals surface area contributed by atoms with E-state index in [-0.39, 0.29) is 5.97 Å². The van der Waals surface area contributed by atoms with Crippen molar-refractivity contribution in [2.45, 2.75) is 18.2 Å². The van der Waals surface area contributed by atoms with E-state index in [2.05, 4.69) is 28.2 Å². The van der Waals surface area contributed by atoms with E-state index in [4.69, 9.17) is 4.74 Å². The van der Waals surface area contributed by atoms with Crippen LogP contribution in [0.15, 0.2) is 41.6 Å². The zero-order valence-corrected chi connectivity index (χ0v) is 11.9. The van der Waals surface area contributed by atoms with Crippen LogP contribution in [0.25, 0.3) is 0 Å². The van der Waals surface area contributed by atoms with Gasteiger partial charge in [0.15, 0.2) is 0 Å². The van der Waals surface area contributed by atoms with Gasteiger partial charge in [-0.1, -0.05) is 46.3 Å². The number of hydrogen-bond acceptors (Lipinski definition) is 3. The highest BCUT2D eigenvalue weighted by Crippen LogP contribution is 2.24. The van der Waals surface area contributed by atoms with Gasteiger partial charge in [-0.3, -0.25) is 4.79 Å². The minimum Gasteiger partial charge on any atom is -0.458 e. The first-order valence-corrected chi connectivity index (χ1v) is 6.88. The van der Waals surface area contributed by atoms with Gasteiger partial charge in [0.1, 0.15) is 11.4 Å². The lowest BCUT2D eigenvalue weighted by atomic mass is 10.1. The van der Waals surface area contributed by atoms with E-state index in [1.807, 2.05) is 30.3 Å². The van der Waals surface area contributed by atoms with E-state index in [1.54, 1.807) is 0 Å². The molecule has 0 spiro atoms. The second kappa shape index (κ2) is 6.05. The van der Waals surface area contributed by atoms with E-state index in [0.29, 0.717) is 6.61 Å². The Kier molecular flexibility index (Phi) is 4.42. The number of benzene rings is 1. The van der Waals surface area contributed by atoms with Gasteiger partial charge < -0.3 is 10.1 Å². The van der Waals surface area contributed by atoms with Gasteiger partial charge in [-0.2, -0.15) is 0 Å². The highest BCUT2D eigenvalue weighted by Gasteiger charge is 2.19. The lowest BCUT2D eigenvalue weighted by Gasteiger charge is -2.11. The molecule has 1 atom stereocenters. The molecule has 0 amide bonds. The van der Waals surface area contributed by atoms with Gasteiger partial charge in [-0.15, -0.1) is 0 Å². The molecule has 1 heterocycles. The van der Waals surface area contributed by atoms with Crippen molar-refractivity contribution in [1.29, 1.82) is 0 Å². The zero-order valence-electron chi connectivity index (χ0n) is 10.3. The van der Waals surface area contributed by atoms with Crippen molar-refractivity contribution in [3.8, 4) is 0 Å². The number of nitrogens with one attached hydrogen (secondary N) is 1. The van der Waals surface area contributed by atoms with Crippen LogP contribution in [0, 0.1) is 0 Å². The summed E-state index contributed by atoms with van der Waals surface area (Å²) in [4.78, 5) is 11.5. The van der Waals surface area contributed by atoms with Crippen molar-refractivity contribution < 1.29 is 9.53 Å². The van der Waals surface area contributed by atoms with E-state index >= 15 is 0 Å². The molecular formula is C14H16BrNO2. The molecule has 1 aromatic carbocycles. The Morgan fingerprint density at radius 1 is 1.44 bits per heavy atom. The predicted octanol–water partition coefficient (Wildman–Crippen LogP) is 2.93. The average Bonchev–Trinajstić information content (AvgIpc) is 2.81. The molecule has 96 valence electrons. The first kappa shape index (κ1) is 13.1. The second-order valence-corrected chi connectivity index (χ2v) is 5.23. The molecule has 0 aliphatic carbocycles. The van der Waals surface area contributed by atoms with Crippen LogP contribution >= 0.6 is 15.9 Å². The molecular weight excluding hydrogens is 294 g/mol. The molecule has 1 unspecified atom stereocenters. The third-order valence-corrected chi connectivity index (χ3v) is 3.91. The lowest BCUT2D eigenvalue weighted by Crippen LogP contribution is -2.18. The van der Waals surface area contributed by atoms with Crippen LogP contribution in [0.1, 0.15) is 23.7 Å². The van der Waals surface area contributed by atoms with E-state index in [1.165, 1.54) is 5.57 Å². The Morgan fingerprint density at radius 3 is 2.78 bits per heavy atom. The van der Waals surface area contributed by atoms with Crippen molar-refractivity contribution in [3.05, 3.63) is 47.2 Å². The predicted molar refractivity (Wildman–Crippen MR) is 74.4 cm³/mol. The van der Waals surface area contributed by atoms with Gasteiger partial charge in [0, 0.05) is 12.2 Å². The molecule has 0 bridgehead atoms. The number of hydrogen-bond donors (Lipinski definition) is 1. The molecule has 1 N–H and O–H groups in total. The monoisotopic (exact) mass is 309 g/mol. The Balaban J connectivity index is 1.90. The molecule has 0 aromatic heterocycles. The number of alkyl halides is 1. The van der Waals surface area contributed by atoms with Gasteiger partial charge in [-0.25, -0.2) is 0 Å². The Morgan fingerprint density at radius 2 is 2.17 bits per heavy atom. The molecule has 1 aliphatic heterocycles. The van der Waals surface area contributed by atoms with Crippen LogP contribution in [-0.4, -0.2) is 19.1 Å². The van der Waals surface area contributed by atoms with Gasteiger partial charge in [0.05, 0.1) is 0 Å². The summed E-state index contributed by atoms with van der Waals surface area (Å²) in [7, 11) is 0. The molecule has 18 heavy (non-hydrogen) atoms. The maximum Gasteiger partial charge on any atom is 0.324 e. The summed E-state index contributed by atoms with van der Waals surface area (Å²) in [5.74, 6) is -0.254. The van der Waals surface area contributed by atoms with Gasteiger partial charge in [-0.05, 0) is 24.5 Å². The minimum atomic E-state index is -0.402. The summed E-state index contributed by atoms with van der Waals surface area (Å²) in [5.41, 5.74) is 3.22. The Hall–Kier alpha value is -1.29. The van der Waals surface area contributed by atoms with Crippen molar-refractivity contribution >= 4 is 21.9 Å². The van der Waals surface area contributed by atoms with Crippen LogP contribution in [0.4, 0.5) is 0 Å². The topological polar surface area (TPSA) is 38.3 Å². The summed E-state index contributed by atoms with van der Waals surface area (Å²) in [5, 5.41) is 3.23. The molecule has 0 fully saturated rings. The van der Waals surface area contributed by atoms with Crippen molar-refractivity contribution in [2.24, 2.45) is 0 Å². The fraction of sp³-hybridized carbons (Fsp3) is 0.357. The van der Waals surface area contributed by atoms with Crippen LogP contribution in [0.5, 0.6) is 0 Å². The lowest BCUT2D eigenvalue weighted by molar-refractivity contribution is -0.142. The molecule has 1 aromatic rings. The molecule has 3 nitrogen and oxygen atoms in total. The fourth-order valence-corrected chi connectivity index (χ4v) is 2.29. The van der Waals surface area contributed by atoms with Crippen molar-refractivity contribution in [3.63, 3.8) is 0 Å². The van der Waals surface area contributed by atoms with E-state index < -0.39 is 4.83 Å². The summed E-state index contributed by atoms with van der Waals surface area (Å²) in [6.45, 7) is 3.33. The summed E-state index contributed by atoms with van der Waals surface area (Å²) >= 11 is 3.37. The smallest absolute Gasteiger partial charge is 0.324 e. The van der Waals surface area contributed by atoms with Crippen molar-refractivity contribution in [1.82, 2.24) is 5.32 Å². The average molecular weight is 310 g/mol. The van der Waals surface area contributed by atoms with E-state index in [9.17, 15) is 4.79 Å². The standard InChI is InChI=1S/C14H16BrNO2/c1-10-7-8-16-12(10)9-18-14(17)13(15)11-5-3-2-4-6-11/h2-6,13,16H,7-9H2,1H3. The third kappa shape index (κ3) is 3.13. The normalized spacial score (nSPS) is 16.3. The quantitative estimate of drug-likeness (QED) is 0.686. The van der Waals surface area contributed by atoms with Crippen LogP contribution < -0.4 is 5.32 Å². The zero-order chi connectivity index (χ0) is 13.0. The largest absolute Gasteiger partial charge is 0.458 e. The molecule has 4 heteroatoms. The maximum absolute atomic E-state index is 11.9. The molecule has 2 rings (SSSR count). The highest BCUT2D eigenvalue weighted by molar-refractivity contribution is 9.09. The maximum atomic E-state index is 11.9.